The van der Waals surface area contributed by atoms with Gasteiger partial charge in [-0.15, -0.1) is 11.3 Å². The zero-order chi connectivity index (χ0) is 16.4. The van der Waals surface area contributed by atoms with Crippen LogP contribution in [0.1, 0.15) is 18.5 Å². The molecule has 5 nitrogen and oxygen atoms in total. The maximum absolute atomic E-state index is 12.5. The van der Waals surface area contributed by atoms with Gasteiger partial charge in [-0.3, -0.25) is 9.36 Å². The van der Waals surface area contributed by atoms with Gasteiger partial charge in [0.25, 0.3) is 5.56 Å². The molecule has 1 saturated heterocycles. The third-order valence-corrected chi connectivity index (χ3v) is 4.76. The molecule has 2 aromatic rings. The van der Waals surface area contributed by atoms with Gasteiger partial charge in [-0.1, -0.05) is 0 Å². The van der Waals surface area contributed by atoms with E-state index >= 15 is 0 Å². The quantitative estimate of drug-likeness (QED) is 0.859. The van der Waals surface area contributed by atoms with Crippen molar-refractivity contribution in [2.45, 2.75) is 25.6 Å². The molecule has 3 heterocycles. The Morgan fingerprint density at radius 1 is 1.26 bits per heavy atom. The fraction of sp³-hybridized carbons (Fsp3) is 0.500. The molecule has 1 fully saturated rings. The molecule has 0 radical (unpaired) electrons. The fourth-order valence-corrected chi connectivity index (χ4v) is 3.37. The Labute approximate surface area is 134 Å². The van der Waals surface area contributed by atoms with E-state index in [2.05, 4.69) is 14.9 Å². The molecule has 0 amide bonds. The van der Waals surface area contributed by atoms with E-state index in [9.17, 15) is 18.0 Å². The molecule has 1 aliphatic heterocycles. The number of rotatable bonds is 3. The lowest BCUT2D eigenvalue weighted by Gasteiger charge is -2.31. The molecule has 0 atom stereocenters. The standard InChI is InChI=1S/C14H15F3N4OS/c15-14(16,17)11-7-12(22)21(9-19-11)8-10-1-4-20(5-2-10)13-18-3-6-23-13/h3,6-7,9-10H,1-2,4-5,8H2. The summed E-state index contributed by atoms with van der Waals surface area (Å²) in [5.74, 6) is 0.252. The number of alkyl halides is 3. The van der Waals surface area contributed by atoms with E-state index in [0.717, 1.165) is 37.4 Å². The smallest absolute Gasteiger partial charge is 0.348 e. The molecule has 23 heavy (non-hydrogen) atoms. The molecule has 0 N–H and O–H groups in total. The zero-order valence-corrected chi connectivity index (χ0v) is 13.0. The maximum atomic E-state index is 12.5. The Hall–Kier alpha value is -1.90. The summed E-state index contributed by atoms with van der Waals surface area (Å²) in [5, 5.41) is 2.91. The highest BCUT2D eigenvalue weighted by Gasteiger charge is 2.33. The molecule has 0 spiro atoms. The number of aromatic nitrogens is 3. The van der Waals surface area contributed by atoms with Crippen LogP contribution in [0.15, 0.2) is 28.8 Å². The summed E-state index contributed by atoms with van der Waals surface area (Å²) in [6.07, 6.45) is -0.0880. The van der Waals surface area contributed by atoms with E-state index in [0.29, 0.717) is 12.6 Å². The van der Waals surface area contributed by atoms with Crippen molar-refractivity contribution in [2.24, 2.45) is 5.92 Å². The van der Waals surface area contributed by atoms with Crippen molar-refractivity contribution >= 4 is 16.5 Å². The Morgan fingerprint density at radius 2 is 2.00 bits per heavy atom. The summed E-state index contributed by atoms with van der Waals surface area (Å²) in [6.45, 7) is 2.07. The highest BCUT2D eigenvalue weighted by atomic mass is 32.1. The van der Waals surface area contributed by atoms with Crippen molar-refractivity contribution in [3.8, 4) is 0 Å². The minimum Gasteiger partial charge on any atom is -0.348 e. The summed E-state index contributed by atoms with van der Waals surface area (Å²) in [6, 6.07) is 0.560. The second-order valence-corrected chi connectivity index (χ2v) is 6.38. The minimum absolute atomic E-state index is 0.252. The van der Waals surface area contributed by atoms with Gasteiger partial charge in [-0.25, -0.2) is 9.97 Å². The van der Waals surface area contributed by atoms with Crippen LogP contribution < -0.4 is 10.5 Å². The monoisotopic (exact) mass is 344 g/mol. The first-order chi connectivity index (χ1) is 10.9. The first kappa shape index (κ1) is 16.0. The number of hydrogen-bond acceptors (Lipinski definition) is 5. The van der Waals surface area contributed by atoms with E-state index in [1.165, 1.54) is 4.57 Å². The van der Waals surface area contributed by atoms with Crippen molar-refractivity contribution in [1.29, 1.82) is 0 Å². The molecule has 0 aromatic carbocycles. The summed E-state index contributed by atoms with van der Waals surface area (Å²) >= 11 is 1.58. The van der Waals surface area contributed by atoms with Gasteiger partial charge in [-0.2, -0.15) is 13.2 Å². The van der Waals surface area contributed by atoms with Crippen molar-refractivity contribution < 1.29 is 13.2 Å². The van der Waals surface area contributed by atoms with Gasteiger partial charge in [0.2, 0.25) is 0 Å². The molecule has 0 bridgehead atoms. The van der Waals surface area contributed by atoms with E-state index < -0.39 is 17.4 Å². The molecule has 2 aromatic heterocycles. The van der Waals surface area contributed by atoms with Gasteiger partial charge in [-0.05, 0) is 18.8 Å². The van der Waals surface area contributed by atoms with Gasteiger partial charge < -0.3 is 4.90 Å². The number of halogens is 3. The Kier molecular flexibility index (Phi) is 4.38. The van der Waals surface area contributed by atoms with Crippen LogP contribution >= 0.6 is 11.3 Å². The predicted octanol–water partition coefficient (Wildman–Crippen LogP) is 2.64. The Morgan fingerprint density at radius 3 is 2.57 bits per heavy atom. The van der Waals surface area contributed by atoms with Crippen molar-refractivity contribution in [2.75, 3.05) is 18.0 Å². The van der Waals surface area contributed by atoms with E-state index in [1.807, 2.05) is 5.38 Å². The number of piperidine rings is 1. The average Bonchev–Trinajstić information content (AvgIpc) is 3.03. The highest BCUT2D eigenvalue weighted by Crippen LogP contribution is 2.27. The number of nitrogens with zero attached hydrogens (tertiary/aromatic N) is 4. The maximum Gasteiger partial charge on any atom is 0.433 e. The molecule has 124 valence electrons. The molecule has 0 unspecified atom stereocenters. The van der Waals surface area contributed by atoms with E-state index in [-0.39, 0.29) is 5.92 Å². The molecule has 0 saturated carbocycles. The van der Waals surface area contributed by atoms with Crippen LogP contribution in [0.5, 0.6) is 0 Å². The molecule has 1 aliphatic rings. The number of anilines is 1. The predicted molar refractivity (Wildman–Crippen MR) is 80.6 cm³/mol. The molecular formula is C14H15F3N4OS. The molecular weight excluding hydrogens is 329 g/mol. The lowest BCUT2D eigenvalue weighted by atomic mass is 9.97. The van der Waals surface area contributed by atoms with E-state index in [1.54, 1.807) is 17.5 Å². The van der Waals surface area contributed by atoms with Crippen LogP contribution in [-0.2, 0) is 12.7 Å². The van der Waals surface area contributed by atoms with Crippen LogP contribution in [0, 0.1) is 5.92 Å². The second-order valence-electron chi connectivity index (χ2n) is 5.51. The van der Waals surface area contributed by atoms with Gasteiger partial charge in [0, 0.05) is 37.3 Å². The topological polar surface area (TPSA) is 51.0 Å². The normalized spacial score (nSPS) is 16.7. The largest absolute Gasteiger partial charge is 0.433 e. The van der Waals surface area contributed by atoms with Crippen LogP contribution in [0.3, 0.4) is 0 Å². The SMILES string of the molecule is O=c1cc(C(F)(F)F)ncn1CC1CCN(c2nccs2)CC1. The summed E-state index contributed by atoms with van der Waals surface area (Å²) < 4.78 is 38.8. The molecule has 9 heteroatoms. The van der Waals surface area contributed by atoms with Crippen LogP contribution in [0.4, 0.5) is 18.3 Å². The summed E-state index contributed by atoms with van der Waals surface area (Å²) in [5.41, 5.74) is -1.80. The van der Waals surface area contributed by atoms with Gasteiger partial charge in [0.1, 0.15) is 0 Å². The van der Waals surface area contributed by atoms with Crippen LogP contribution in [0.2, 0.25) is 0 Å². The Balaban J connectivity index is 1.62. The van der Waals surface area contributed by atoms with Crippen LogP contribution in [-0.4, -0.2) is 27.6 Å². The average molecular weight is 344 g/mol. The van der Waals surface area contributed by atoms with Crippen molar-refractivity contribution in [1.82, 2.24) is 14.5 Å². The fourth-order valence-electron chi connectivity index (χ4n) is 2.68. The number of hydrogen-bond donors (Lipinski definition) is 0. The zero-order valence-electron chi connectivity index (χ0n) is 12.2. The lowest BCUT2D eigenvalue weighted by Crippen LogP contribution is -2.36. The summed E-state index contributed by atoms with van der Waals surface area (Å²) in [4.78, 5) is 21.6. The van der Waals surface area contributed by atoms with Gasteiger partial charge >= 0.3 is 6.18 Å². The minimum atomic E-state index is -4.59. The number of thiazole rings is 1. The first-order valence-electron chi connectivity index (χ1n) is 7.21. The molecule has 0 aliphatic carbocycles. The van der Waals surface area contributed by atoms with Gasteiger partial charge in [0.05, 0.1) is 6.33 Å². The lowest BCUT2D eigenvalue weighted by molar-refractivity contribution is -0.141. The highest BCUT2D eigenvalue weighted by molar-refractivity contribution is 7.13. The molecule has 3 rings (SSSR count). The first-order valence-corrected chi connectivity index (χ1v) is 8.09. The van der Waals surface area contributed by atoms with Crippen LogP contribution in [0.25, 0.3) is 0 Å². The van der Waals surface area contributed by atoms with Gasteiger partial charge in [0.15, 0.2) is 10.8 Å². The van der Waals surface area contributed by atoms with E-state index in [4.69, 9.17) is 0 Å². The van der Waals surface area contributed by atoms with Crippen molar-refractivity contribution in [3.63, 3.8) is 0 Å². The summed E-state index contributed by atoms with van der Waals surface area (Å²) in [7, 11) is 0. The second kappa shape index (κ2) is 6.31. The van der Waals surface area contributed by atoms with Crippen molar-refractivity contribution in [3.05, 3.63) is 40.0 Å². The third kappa shape index (κ3) is 3.72. The third-order valence-electron chi connectivity index (χ3n) is 3.93. The Bertz CT molecular complexity index is 706.